The average molecular weight is 394 g/mol. The summed E-state index contributed by atoms with van der Waals surface area (Å²) in [6.45, 7) is 1.81. The van der Waals surface area contributed by atoms with Crippen LogP contribution in [0.25, 0.3) is 11.0 Å². The van der Waals surface area contributed by atoms with Crippen molar-refractivity contribution in [3.63, 3.8) is 0 Å². The molecule has 0 bridgehead atoms. The second kappa shape index (κ2) is 6.11. The molecule has 0 aliphatic heterocycles. The fraction of sp³-hybridized carbons (Fsp3) is 0.176. The van der Waals surface area contributed by atoms with Crippen LogP contribution in [0.15, 0.2) is 68.4 Å². The fourth-order valence-electron chi connectivity index (χ4n) is 2.40. The van der Waals surface area contributed by atoms with Crippen molar-refractivity contribution in [2.75, 3.05) is 7.05 Å². The minimum Gasteiger partial charge on any atom is -0.459 e. The average Bonchev–Trinajstić information content (AvgIpc) is 2.97. The van der Waals surface area contributed by atoms with Gasteiger partial charge < -0.3 is 4.42 Å². The predicted octanol–water partition coefficient (Wildman–Crippen LogP) is 4.58. The van der Waals surface area contributed by atoms with Crippen LogP contribution in [0, 0.1) is 0 Å². The van der Waals surface area contributed by atoms with Gasteiger partial charge in [0.25, 0.3) is 0 Å². The number of halogens is 1. The van der Waals surface area contributed by atoms with Crippen molar-refractivity contribution in [1.29, 1.82) is 0 Å². The highest BCUT2D eigenvalue weighted by molar-refractivity contribution is 9.10. The first-order valence-corrected chi connectivity index (χ1v) is 9.35. The molecule has 1 aromatic heterocycles. The summed E-state index contributed by atoms with van der Waals surface area (Å²) in [4.78, 5) is 0.241. The molecule has 0 radical (unpaired) electrons. The van der Waals surface area contributed by atoms with Crippen molar-refractivity contribution in [3.05, 3.63) is 64.8 Å². The van der Waals surface area contributed by atoms with Crippen LogP contribution < -0.4 is 0 Å². The molecule has 120 valence electrons. The lowest BCUT2D eigenvalue weighted by Gasteiger charge is -2.23. The van der Waals surface area contributed by atoms with Gasteiger partial charge in [-0.3, -0.25) is 0 Å². The maximum Gasteiger partial charge on any atom is 0.244 e. The van der Waals surface area contributed by atoms with Gasteiger partial charge in [-0.1, -0.05) is 30.3 Å². The number of rotatable bonds is 4. The molecule has 4 nitrogen and oxygen atoms in total. The van der Waals surface area contributed by atoms with Crippen LogP contribution in [0.1, 0.15) is 18.7 Å². The minimum absolute atomic E-state index is 0.241. The van der Waals surface area contributed by atoms with E-state index in [2.05, 4.69) is 15.9 Å². The molecule has 1 unspecified atom stereocenters. The number of nitrogens with zero attached hydrogens (tertiary/aromatic N) is 1. The van der Waals surface area contributed by atoms with Crippen LogP contribution in [0.2, 0.25) is 0 Å². The van der Waals surface area contributed by atoms with Crippen molar-refractivity contribution >= 4 is 36.9 Å². The monoisotopic (exact) mass is 393 g/mol. The zero-order valence-electron chi connectivity index (χ0n) is 12.7. The third-order valence-electron chi connectivity index (χ3n) is 3.90. The predicted molar refractivity (Wildman–Crippen MR) is 93.7 cm³/mol. The van der Waals surface area contributed by atoms with Gasteiger partial charge in [0.2, 0.25) is 10.0 Å². The van der Waals surface area contributed by atoms with E-state index in [0.29, 0.717) is 10.2 Å². The van der Waals surface area contributed by atoms with Crippen molar-refractivity contribution in [1.82, 2.24) is 4.31 Å². The van der Waals surface area contributed by atoms with Gasteiger partial charge in [-0.2, -0.15) is 4.31 Å². The minimum atomic E-state index is -3.63. The first-order valence-electron chi connectivity index (χ1n) is 7.12. The Morgan fingerprint density at radius 1 is 1.09 bits per heavy atom. The standard InChI is InChI=1S/C17H16BrNO3S/c1-12(16-11-13-7-3-5-9-15(13)22-16)19(2)23(20,21)17-10-6-4-8-14(17)18/h3-12H,1-2H3. The van der Waals surface area contributed by atoms with Crippen molar-refractivity contribution in [2.24, 2.45) is 0 Å². The Bertz CT molecular complexity index is 916. The molecule has 0 saturated heterocycles. The SMILES string of the molecule is CC(c1cc2ccccc2o1)N(C)S(=O)(=O)c1ccccc1Br. The summed E-state index contributed by atoms with van der Waals surface area (Å²) in [6.07, 6.45) is 0. The zero-order chi connectivity index (χ0) is 16.6. The molecule has 0 spiro atoms. The molecule has 2 aromatic carbocycles. The number of fused-ring (bicyclic) bond motifs is 1. The molecule has 0 fully saturated rings. The van der Waals surface area contributed by atoms with E-state index in [-0.39, 0.29) is 4.90 Å². The van der Waals surface area contributed by atoms with Crippen molar-refractivity contribution < 1.29 is 12.8 Å². The van der Waals surface area contributed by atoms with E-state index in [0.717, 1.165) is 11.0 Å². The van der Waals surface area contributed by atoms with Crippen LogP contribution >= 0.6 is 15.9 Å². The van der Waals surface area contributed by atoms with Crippen molar-refractivity contribution in [2.45, 2.75) is 17.9 Å². The Labute approximate surface area is 143 Å². The highest BCUT2D eigenvalue weighted by Crippen LogP contribution is 2.32. The summed E-state index contributed by atoms with van der Waals surface area (Å²) in [7, 11) is -2.07. The van der Waals surface area contributed by atoms with Gasteiger partial charge >= 0.3 is 0 Å². The van der Waals surface area contributed by atoms with Crippen LogP contribution in [0.5, 0.6) is 0 Å². The van der Waals surface area contributed by atoms with Gasteiger partial charge in [0.1, 0.15) is 11.3 Å². The number of furan rings is 1. The first-order chi connectivity index (χ1) is 10.9. The van der Waals surface area contributed by atoms with Gasteiger partial charge in [-0.25, -0.2) is 8.42 Å². The molecule has 1 heterocycles. The Kier molecular flexibility index (Phi) is 4.31. The topological polar surface area (TPSA) is 50.5 Å². The van der Waals surface area contributed by atoms with Crippen LogP contribution in [0.3, 0.4) is 0 Å². The van der Waals surface area contributed by atoms with E-state index in [1.165, 1.54) is 4.31 Å². The van der Waals surface area contributed by atoms with E-state index in [4.69, 9.17) is 4.42 Å². The summed E-state index contributed by atoms with van der Waals surface area (Å²) in [5, 5.41) is 0.959. The molecule has 1 atom stereocenters. The summed E-state index contributed by atoms with van der Waals surface area (Å²) in [5.41, 5.74) is 0.751. The quantitative estimate of drug-likeness (QED) is 0.651. The Hall–Kier alpha value is -1.63. The molecular weight excluding hydrogens is 378 g/mol. The maximum absolute atomic E-state index is 12.8. The van der Waals surface area contributed by atoms with Crippen LogP contribution in [-0.4, -0.2) is 19.8 Å². The van der Waals surface area contributed by atoms with Crippen molar-refractivity contribution in [3.8, 4) is 0 Å². The Balaban J connectivity index is 1.98. The first kappa shape index (κ1) is 16.2. The summed E-state index contributed by atoms with van der Waals surface area (Å²) in [5.74, 6) is 0.615. The molecule has 0 aliphatic rings. The Morgan fingerprint density at radius 2 is 1.74 bits per heavy atom. The highest BCUT2D eigenvalue weighted by Gasteiger charge is 2.29. The number of benzene rings is 2. The number of hydrogen-bond donors (Lipinski definition) is 0. The molecule has 3 rings (SSSR count). The molecule has 0 aliphatic carbocycles. The lowest BCUT2D eigenvalue weighted by molar-refractivity contribution is 0.348. The molecular formula is C17H16BrNO3S. The van der Waals surface area contributed by atoms with E-state index in [9.17, 15) is 8.42 Å². The van der Waals surface area contributed by atoms with Crippen LogP contribution in [-0.2, 0) is 10.0 Å². The molecule has 3 aromatic rings. The number of para-hydroxylation sites is 1. The Morgan fingerprint density at radius 3 is 2.43 bits per heavy atom. The molecule has 6 heteroatoms. The third kappa shape index (κ3) is 2.94. The van der Waals surface area contributed by atoms with Crippen LogP contribution in [0.4, 0.5) is 0 Å². The highest BCUT2D eigenvalue weighted by atomic mass is 79.9. The summed E-state index contributed by atoms with van der Waals surface area (Å²) in [6, 6.07) is 15.9. The smallest absolute Gasteiger partial charge is 0.244 e. The van der Waals surface area contributed by atoms with Gasteiger partial charge in [-0.05, 0) is 47.1 Å². The summed E-state index contributed by atoms with van der Waals surface area (Å²) < 4.78 is 33.3. The van der Waals surface area contributed by atoms with E-state index >= 15 is 0 Å². The van der Waals surface area contributed by atoms with Gasteiger partial charge in [0.05, 0.1) is 10.9 Å². The van der Waals surface area contributed by atoms with E-state index < -0.39 is 16.1 Å². The third-order valence-corrected chi connectivity index (χ3v) is 6.84. The van der Waals surface area contributed by atoms with E-state index in [1.807, 2.05) is 37.3 Å². The summed E-state index contributed by atoms with van der Waals surface area (Å²) >= 11 is 3.30. The molecule has 0 N–H and O–H groups in total. The van der Waals surface area contributed by atoms with Gasteiger partial charge in [0.15, 0.2) is 0 Å². The maximum atomic E-state index is 12.8. The normalized spacial score (nSPS) is 13.6. The molecule has 0 amide bonds. The zero-order valence-corrected chi connectivity index (χ0v) is 15.1. The molecule has 0 saturated carbocycles. The van der Waals surface area contributed by atoms with Gasteiger partial charge in [-0.15, -0.1) is 0 Å². The largest absolute Gasteiger partial charge is 0.459 e. The molecule has 23 heavy (non-hydrogen) atoms. The van der Waals surface area contributed by atoms with E-state index in [1.54, 1.807) is 31.3 Å². The second-order valence-corrected chi connectivity index (χ2v) is 8.13. The second-order valence-electron chi connectivity index (χ2n) is 5.31. The van der Waals surface area contributed by atoms with Gasteiger partial charge in [0, 0.05) is 16.9 Å². The lowest BCUT2D eigenvalue weighted by Crippen LogP contribution is -2.29. The fourth-order valence-corrected chi connectivity index (χ4v) is 4.70. The lowest BCUT2D eigenvalue weighted by atomic mass is 10.2. The number of sulfonamides is 1. The number of hydrogen-bond acceptors (Lipinski definition) is 3.